The first-order chi connectivity index (χ1) is 8.09. The first-order valence-electron chi connectivity index (χ1n) is 5.56. The van der Waals surface area contributed by atoms with Crippen LogP contribution in [0.4, 0.5) is 0 Å². The van der Waals surface area contributed by atoms with Crippen molar-refractivity contribution in [1.82, 2.24) is 10.2 Å². The summed E-state index contributed by atoms with van der Waals surface area (Å²) in [6, 6.07) is 5.20. The fourth-order valence-electron chi connectivity index (χ4n) is 1.94. The minimum Gasteiger partial charge on any atom is -0.333 e. The van der Waals surface area contributed by atoms with Crippen molar-refractivity contribution in [3.05, 3.63) is 33.8 Å². The number of piperazine rings is 1. The minimum absolute atomic E-state index is 0. The average Bonchev–Trinajstić information content (AvgIpc) is 2.32. The molecule has 1 aliphatic heterocycles. The lowest BCUT2D eigenvalue weighted by atomic mass is 10.1. The van der Waals surface area contributed by atoms with Gasteiger partial charge in [-0.1, -0.05) is 23.2 Å². The van der Waals surface area contributed by atoms with E-state index in [4.69, 9.17) is 23.2 Å². The Morgan fingerprint density at radius 2 is 2.11 bits per heavy atom. The average molecular weight is 310 g/mol. The molecule has 1 heterocycles. The number of carbonyl (C=O) groups excluding carboxylic acids is 1. The van der Waals surface area contributed by atoms with Gasteiger partial charge >= 0.3 is 0 Å². The quantitative estimate of drug-likeness (QED) is 0.865. The van der Waals surface area contributed by atoms with Crippen LogP contribution in [0.5, 0.6) is 0 Å². The zero-order valence-corrected chi connectivity index (χ0v) is 12.3. The van der Waals surface area contributed by atoms with Crippen molar-refractivity contribution in [3.8, 4) is 0 Å². The van der Waals surface area contributed by atoms with Crippen LogP contribution in [0.2, 0.25) is 10.0 Å². The van der Waals surface area contributed by atoms with Crippen LogP contribution in [0, 0.1) is 0 Å². The van der Waals surface area contributed by atoms with E-state index in [2.05, 4.69) is 5.32 Å². The van der Waals surface area contributed by atoms with Gasteiger partial charge in [0.25, 0.3) is 5.91 Å². The standard InChI is InChI=1S/C12H14Cl2N2O.ClH/c1-8-7-15-4-5-16(8)12(17)9-2-3-10(13)11(14)6-9;/h2-3,6,8,15H,4-5,7H2,1H3;1H. The Morgan fingerprint density at radius 3 is 2.72 bits per heavy atom. The highest BCUT2D eigenvalue weighted by atomic mass is 35.5. The Hall–Kier alpha value is -0.480. The number of carbonyl (C=O) groups is 1. The van der Waals surface area contributed by atoms with E-state index in [1.54, 1.807) is 18.2 Å². The zero-order valence-electron chi connectivity index (χ0n) is 9.95. The fourth-order valence-corrected chi connectivity index (χ4v) is 2.24. The van der Waals surface area contributed by atoms with Gasteiger partial charge in [-0.15, -0.1) is 12.4 Å². The maximum Gasteiger partial charge on any atom is 0.254 e. The van der Waals surface area contributed by atoms with Gasteiger partial charge in [-0.25, -0.2) is 0 Å². The SMILES string of the molecule is CC1CNCCN1C(=O)c1ccc(Cl)c(Cl)c1.Cl. The van der Waals surface area contributed by atoms with Crippen LogP contribution in [0.1, 0.15) is 17.3 Å². The van der Waals surface area contributed by atoms with Gasteiger partial charge in [-0.2, -0.15) is 0 Å². The Morgan fingerprint density at radius 1 is 1.39 bits per heavy atom. The zero-order chi connectivity index (χ0) is 12.4. The molecule has 2 rings (SSSR count). The van der Waals surface area contributed by atoms with Crippen LogP contribution in [0.25, 0.3) is 0 Å². The maximum absolute atomic E-state index is 12.3. The summed E-state index contributed by atoms with van der Waals surface area (Å²) in [5.41, 5.74) is 0.591. The molecule has 100 valence electrons. The lowest BCUT2D eigenvalue weighted by Crippen LogP contribution is -2.52. The highest BCUT2D eigenvalue weighted by molar-refractivity contribution is 6.42. The Bertz CT molecular complexity index is 439. The normalized spacial score (nSPS) is 19.3. The van der Waals surface area contributed by atoms with E-state index in [0.717, 1.165) is 19.6 Å². The van der Waals surface area contributed by atoms with Gasteiger partial charge in [0.2, 0.25) is 0 Å². The van der Waals surface area contributed by atoms with E-state index in [9.17, 15) is 4.79 Å². The molecular formula is C12H15Cl3N2O. The van der Waals surface area contributed by atoms with Crippen LogP contribution in [0.3, 0.4) is 0 Å². The molecule has 1 N–H and O–H groups in total. The number of benzene rings is 1. The van der Waals surface area contributed by atoms with Gasteiger partial charge in [0.15, 0.2) is 0 Å². The number of nitrogens with one attached hydrogen (secondary N) is 1. The van der Waals surface area contributed by atoms with Crippen LogP contribution in [-0.4, -0.2) is 36.5 Å². The van der Waals surface area contributed by atoms with Crippen molar-refractivity contribution in [2.75, 3.05) is 19.6 Å². The molecule has 1 amide bonds. The van der Waals surface area contributed by atoms with Gasteiger partial charge in [-0.3, -0.25) is 4.79 Å². The molecule has 0 aliphatic carbocycles. The second-order valence-electron chi connectivity index (χ2n) is 4.18. The van der Waals surface area contributed by atoms with E-state index in [1.807, 2.05) is 11.8 Å². The largest absolute Gasteiger partial charge is 0.333 e. The maximum atomic E-state index is 12.3. The number of hydrogen-bond donors (Lipinski definition) is 1. The molecule has 0 bridgehead atoms. The molecular weight excluding hydrogens is 295 g/mol. The Labute approximate surface area is 123 Å². The first-order valence-corrected chi connectivity index (χ1v) is 6.32. The van der Waals surface area contributed by atoms with Crippen molar-refractivity contribution in [2.24, 2.45) is 0 Å². The van der Waals surface area contributed by atoms with Crippen LogP contribution in [0.15, 0.2) is 18.2 Å². The molecule has 1 aliphatic rings. The predicted molar refractivity (Wildman–Crippen MR) is 77.1 cm³/mol. The highest BCUT2D eigenvalue weighted by Crippen LogP contribution is 2.23. The number of amides is 1. The lowest BCUT2D eigenvalue weighted by molar-refractivity contribution is 0.0656. The number of nitrogens with zero attached hydrogens (tertiary/aromatic N) is 1. The lowest BCUT2D eigenvalue weighted by Gasteiger charge is -2.34. The third-order valence-electron chi connectivity index (χ3n) is 2.93. The second-order valence-corrected chi connectivity index (χ2v) is 4.99. The molecule has 0 aromatic heterocycles. The predicted octanol–water partition coefficient (Wildman–Crippen LogP) is 2.85. The monoisotopic (exact) mass is 308 g/mol. The molecule has 6 heteroatoms. The highest BCUT2D eigenvalue weighted by Gasteiger charge is 2.24. The summed E-state index contributed by atoms with van der Waals surface area (Å²) >= 11 is 11.8. The van der Waals surface area contributed by atoms with E-state index in [1.165, 1.54) is 0 Å². The molecule has 1 atom stereocenters. The van der Waals surface area contributed by atoms with Crippen molar-refractivity contribution in [1.29, 1.82) is 0 Å². The molecule has 1 fully saturated rings. The number of hydrogen-bond acceptors (Lipinski definition) is 2. The van der Waals surface area contributed by atoms with Gasteiger partial charge in [0, 0.05) is 31.2 Å². The summed E-state index contributed by atoms with van der Waals surface area (Å²) in [5.74, 6) is 0.0116. The van der Waals surface area contributed by atoms with Gasteiger partial charge in [-0.05, 0) is 25.1 Å². The van der Waals surface area contributed by atoms with Crippen molar-refractivity contribution < 1.29 is 4.79 Å². The summed E-state index contributed by atoms with van der Waals surface area (Å²) in [6.07, 6.45) is 0. The van der Waals surface area contributed by atoms with Gasteiger partial charge in [0.1, 0.15) is 0 Å². The van der Waals surface area contributed by atoms with E-state index in [0.29, 0.717) is 15.6 Å². The molecule has 1 unspecified atom stereocenters. The fraction of sp³-hybridized carbons (Fsp3) is 0.417. The smallest absolute Gasteiger partial charge is 0.254 e. The Balaban J connectivity index is 0.00000162. The van der Waals surface area contributed by atoms with Crippen molar-refractivity contribution in [3.63, 3.8) is 0 Å². The summed E-state index contributed by atoms with van der Waals surface area (Å²) < 4.78 is 0. The Kier molecular flexibility index (Phi) is 5.73. The van der Waals surface area contributed by atoms with E-state index < -0.39 is 0 Å². The number of rotatable bonds is 1. The van der Waals surface area contributed by atoms with Gasteiger partial charge < -0.3 is 10.2 Å². The molecule has 0 spiro atoms. The second kappa shape index (κ2) is 6.62. The third-order valence-corrected chi connectivity index (χ3v) is 3.67. The first kappa shape index (κ1) is 15.6. The molecule has 1 saturated heterocycles. The molecule has 1 aromatic carbocycles. The van der Waals surface area contributed by atoms with Crippen LogP contribution >= 0.6 is 35.6 Å². The van der Waals surface area contributed by atoms with Gasteiger partial charge in [0.05, 0.1) is 10.0 Å². The minimum atomic E-state index is 0. The summed E-state index contributed by atoms with van der Waals surface area (Å²) in [5, 5.41) is 4.14. The third kappa shape index (κ3) is 3.29. The summed E-state index contributed by atoms with van der Waals surface area (Å²) in [4.78, 5) is 14.1. The van der Waals surface area contributed by atoms with E-state index in [-0.39, 0.29) is 24.4 Å². The van der Waals surface area contributed by atoms with Crippen LogP contribution < -0.4 is 5.32 Å². The molecule has 18 heavy (non-hydrogen) atoms. The summed E-state index contributed by atoms with van der Waals surface area (Å²) in [7, 11) is 0. The van der Waals surface area contributed by atoms with Crippen molar-refractivity contribution >= 4 is 41.5 Å². The molecule has 1 aromatic rings. The topological polar surface area (TPSA) is 32.3 Å². The van der Waals surface area contributed by atoms with E-state index >= 15 is 0 Å². The molecule has 3 nitrogen and oxygen atoms in total. The van der Waals surface area contributed by atoms with Crippen LogP contribution in [-0.2, 0) is 0 Å². The van der Waals surface area contributed by atoms with Crippen molar-refractivity contribution in [2.45, 2.75) is 13.0 Å². The molecule has 0 saturated carbocycles. The molecule has 0 radical (unpaired) electrons. The number of halogens is 3. The summed E-state index contributed by atoms with van der Waals surface area (Å²) in [6.45, 7) is 4.41.